The lowest BCUT2D eigenvalue weighted by molar-refractivity contribution is 0.484. The Labute approximate surface area is 118 Å². The van der Waals surface area contributed by atoms with E-state index in [4.69, 9.17) is 0 Å². The molecule has 2 heterocycles. The quantitative estimate of drug-likeness (QED) is 0.724. The van der Waals surface area contributed by atoms with Gasteiger partial charge in [-0.15, -0.1) is 0 Å². The smallest absolute Gasteiger partial charge is 0.127 e. The van der Waals surface area contributed by atoms with Crippen molar-refractivity contribution in [1.82, 2.24) is 9.78 Å². The molecule has 0 fully saturated rings. The van der Waals surface area contributed by atoms with E-state index in [9.17, 15) is 0 Å². The van der Waals surface area contributed by atoms with Crippen molar-refractivity contribution < 1.29 is 0 Å². The molecule has 0 saturated carbocycles. The highest BCUT2D eigenvalue weighted by Crippen LogP contribution is 2.34. The van der Waals surface area contributed by atoms with Crippen LogP contribution in [-0.4, -0.2) is 16.3 Å². The molecule has 1 N–H and O–H groups in total. The Morgan fingerprint density at radius 1 is 1.15 bits per heavy atom. The second-order valence-corrected chi connectivity index (χ2v) is 5.42. The topological polar surface area (TPSA) is 29.9 Å². The summed E-state index contributed by atoms with van der Waals surface area (Å²) >= 11 is 0. The van der Waals surface area contributed by atoms with E-state index in [-0.39, 0.29) is 0 Å². The Morgan fingerprint density at radius 3 is 2.95 bits per heavy atom. The molecule has 2 aromatic carbocycles. The first-order valence-corrected chi connectivity index (χ1v) is 7.10. The maximum atomic E-state index is 4.58. The predicted octanol–water partition coefficient (Wildman–Crippen LogP) is 3.75. The van der Waals surface area contributed by atoms with E-state index in [0.717, 1.165) is 18.8 Å². The van der Waals surface area contributed by atoms with Crippen molar-refractivity contribution in [3.8, 4) is 0 Å². The van der Waals surface area contributed by atoms with Gasteiger partial charge in [-0.3, -0.25) is 0 Å². The van der Waals surface area contributed by atoms with Gasteiger partial charge < -0.3 is 5.32 Å². The first-order chi connectivity index (χ1) is 9.84. The number of hydrogen-bond acceptors (Lipinski definition) is 2. The number of nitrogens with zero attached hydrogens (tertiary/aromatic N) is 2. The lowest BCUT2D eigenvalue weighted by Gasteiger charge is -2.27. The number of benzene rings is 2. The van der Waals surface area contributed by atoms with Crippen LogP contribution >= 0.6 is 0 Å². The van der Waals surface area contributed by atoms with Crippen LogP contribution in [0.4, 0.5) is 5.82 Å². The maximum absolute atomic E-state index is 4.58. The Balaban J connectivity index is 1.92. The molecule has 0 aliphatic carbocycles. The van der Waals surface area contributed by atoms with E-state index in [0.29, 0.717) is 6.04 Å². The van der Waals surface area contributed by atoms with Crippen LogP contribution in [0.15, 0.2) is 48.7 Å². The lowest BCUT2D eigenvalue weighted by atomic mass is 9.96. The molecular formula is C17H17N3. The maximum Gasteiger partial charge on any atom is 0.127 e. The summed E-state index contributed by atoms with van der Waals surface area (Å²) in [6.45, 7) is 3.11. The number of rotatable bonds is 1. The summed E-state index contributed by atoms with van der Waals surface area (Å²) in [5.74, 6) is 1.16. The minimum atomic E-state index is 0.325. The van der Waals surface area contributed by atoms with Crippen LogP contribution in [0.5, 0.6) is 0 Å². The molecule has 1 aliphatic rings. The molecule has 4 rings (SSSR count). The summed E-state index contributed by atoms with van der Waals surface area (Å²) in [5, 5.41) is 10.7. The van der Waals surface area contributed by atoms with Gasteiger partial charge in [-0.25, -0.2) is 4.68 Å². The monoisotopic (exact) mass is 263 g/mol. The van der Waals surface area contributed by atoms with Gasteiger partial charge in [-0.1, -0.05) is 42.5 Å². The zero-order chi connectivity index (χ0) is 13.5. The fourth-order valence-electron chi connectivity index (χ4n) is 3.18. The van der Waals surface area contributed by atoms with Gasteiger partial charge in [0.05, 0.1) is 12.2 Å². The number of fused-ring (bicyclic) bond motifs is 2. The molecule has 0 bridgehead atoms. The number of anilines is 1. The van der Waals surface area contributed by atoms with Crippen molar-refractivity contribution in [3.05, 3.63) is 59.8 Å². The Hall–Kier alpha value is -2.29. The van der Waals surface area contributed by atoms with E-state index in [1.54, 1.807) is 0 Å². The lowest BCUT2D eigenvalue weighted by Crippen LogP contribution is -2.24. The van der Waals surface area contributed by atoms with Crippen LogP contribution in [0, 0.1) is 6.92 Å². The Bertz CT molecular complexity index is 768. The highest BCUT2D eigenvalue weighted by molar-refractivity contribution is 5.86. The van der Waals surface area contributed by atoms with Crippen LogP contribution in [0.1, 0.15) is 23.6 Å². The van der Waals surface area contributed by atoms with Crippen LogP contribution < -0.4 is 5.32 Å². The van der Waals surface area contributed by atoms with Crippen LogP contribution in [0.3, 0.4) is 0 Å². The van der Waals surface area contributed by atoms with Crippen molar-refractivity contribution >= 4 is 16.6 Å². The predicted molar refractivity (Wildman–Crippen MR) is 82.2 cm³/mol. The van der Waals surface area contributed by atoms with Crippen molar-refractivity contribution in [3.63, 3.8) is 0 Å². The van der Waals surface area contributed by atoms with Gasteiger partial charge in [0.15, 0.2) is 0 Å². The molecule has 3 nitrogen and oxygen atoms in total. The van der Waals surface area contributed by atoms with Crippen molar-refractivity contribution in [1.29, 1.82) is 0 Å². The zero-order valence-corrected chi connectivity index (χ0v) is 11.5. The molecule has 3 heteroatoms. The minimum absolute atomic E-state index is 0.325. The standard InChI is InChI=1S/C17H17N3/c1-12-11-19-20-16(9-10-18-17(12)20)15-8-4-6-13-5-2-3-7-14(13)15/h2-8,11,16,18H,9-10H2,1H3. The number of aromatic nitrogens is 2. The summed E-state index contributed by atoms with van der Waals surface area (Å²) in [6, 6.07) is 15.5. The normalized spacial score (nSPS) is 17.8. The van der Waals surface area contributed by atoms with E-state index in [2.05, 4.69) is 64.5 Å². The first kappa shape index (κ1) is 11.5. The number of aryl methyl sites for hydroxylation is 1. The molecule has 100 valence electrons. The van der Waals surface area contributed by atoms with Crippen molar-refractivity contribution in [2.75, 3.05) is 11.9 Å². The van der Waals surface area contributed by atoms with Crippen LogP contribution in [-0.2, 0) is 0 Å². The summed E-state index contributed by atoms with van der Waals surface area (Å²) in [6.07, 6.45) is 3.02. The van der Waals surface area contributed by atoms with Crippen LogP contribution in [0.25, 0.3) is 10.8 Å². The van der Waals surface area contributed by atoms with Crippen molar-refractivity contribution in [2.45, 2.75) is 19.4 Å². The molecule has 0 saturated heterocycles. The average Bonchev–Trinajstić information content (AvgIpc) is 2.88. The highest BCUT2D eigenvalue weighted by Gasteiger charge is 2.24. The largest absolute Gasteiger partial charge is 0.370 e. The fourth-order valence-corrected chi connectivity index (χ4v) is 3.18. The van der Waals surface area contributed by atoms with E-state index in [1.165, 1.54) is 21.9 Å². The van der Waals surface area contributed by atoms with E-state index in [1.807, 2.05) is 6.20 Å². The third kappa shape index (κ3) is 1.63. The van der Waals surface area contributed by atoms with E-state index < -0.39 is 0 Å². The molecule has 1 aliphatic heterocycles. The summed E-state index contributed by atoms with van der Waals surface area (Å²) in [7, 11) is 0. The molecule has 0 spiro atoms. The van der Waals surface area contributed by atoms with Gasteiger partial charge in [-0.2, -0.15) is 5.10 Å². The van der Waals surface area contributed by atoms with Gasteiger partial charge in [0, 0.05) is 12.1 Å². The van der Waals surface area contributed by atoms with Gasteiger partial charge in [-0.05, 0) is 29.7 Å². The number of hydrogen-bond donors (Lipinski definition) is 1. The molecule has 0 radical (unpaired) electrons. The van der Waals surface area contributed by atoms with Crippen molar-refractivity contribution in [2.24, 2.45) is 0 Å². The average molecular weight is 263 g/mol. The molecule has 3 aromatic rings. The summed E-state index contributed by atoms with van der Waals surface area (Å²) < 4.78 is 2.14. The van der Waals surface area contributed by atoms with Gasteiger partial charge in [0.2, 0.25) is 0 Å². The Morgan fingerprint density at radius 2 is 2.00 bits per heavy atom. The summed E-state index contributed by atoms with van der Waals surface area (Å²) in [4.78, 5) is 0. The number of nitrogens with one attached hydrogen (secondary N) is 1. The molecule has 1 atom stereocenters. The summed E-state index contributed by atoms with van der Waals surface area (Å²) in [5.41, 5.74) is 2.59. The molecule has 0 amide bonds. The fraction of sp³-hybridized carbons (Fsp3) is 0.235. The van der Waals surface area contributed by atoms with Gasteiger partial charge >= 0.3 is 0 Å². The SMILES string of the molecule is Cc1cnn2c1NCCC2c1cccc2ccccc12. The zero-order valence-electron chi connectivity index (χ0n) is 11.5. The Kier molecular flexibility index (Phi) is 2.52. The third-order valence-electron chi connectivity index (χ3n) is 4.17. The molecular weight excluding hydrogens is 246 g/mol. The first-order valence-electron chi connectivity index (χ1n) is 7.10. The minimum Gasteiger partial charge on any atom is -0.370 e. The second kappa shape index (κ2) is 4.37. The third-order valence-corrected chi connectivity index (χ3v) is 4.17. The second-order valence-electron chi connectivity index (χ2n) is 5.42. The molecule has 20 heavy (non-hydrogen) atoms. The molecule has 1 unspecified atom stereocenters. The highest BCUT2D eigenvalue weighted by atomic mass is 15.4. The van der Waals surface area contributed by atoms with Crippen LogP contribution in [0.2, 0.25) is 0 Å². The molecule has 1 aromatic heterocycles. The van der Waals surface area contributed by atoms with Gasteiger partial charge in [0.25, 0.3) is 0 Å². The van der Waals surface area contributed by atoms with E-state index >= 15 is 0 Å². The van der Waals surface area contributed by atoms with Gasteiger partial charge in [0.1, 0.15) is 5.82 Å².